The van der Waals surface area contributed by atoms with Gasteiger partial charge in [0, 0.05) is 48.0 Å². The molecule has 298 valence electrons. The molecule has 3 aliphatic heterocycles. The minimum Gasteiger partial charge on any atom is -0.494 e. The lowest BCUT2D eigenvalue weighted by molar-refractivity contribution is -0.294. The molecule has 13 heteroatoms. The Hall–Kier alpha value is -2.74. The maximum atomic E-state index is 14.6. The molecule has 0 bridgehead atoms. The molecule has 3 aliphatic rings. The maximum absolute atomic E-state index is 14.6. The third kappa shape index (κ3) is 9.56. The number of ether oxygens (including phenoxy) is 6. The van der Waals surface area contributed by atoms with E-state index >= 15 is 0 Å². The summed E-state index contributed by atoms with van der Waals surface area (Å²) in [5.41, 5.74) is -2.07. The van der Waals surface area contributed by atoms with E-state index in [2.05, 4.69) is 0 Å². The molecule has 0 spiro atoms. The second kappa shape index (κ2) is 17.8. The van der Waals surface area contributed by atoms with Crippen LogP contribution in [-0.2, 0) is 33.3 Å². The number of cyclic esters (lactones) is 1. The van der Waals surface area contributed by atoms with Crippen LogP contribution in [-0.4, -0.2) is 121 Å². The predicted molar refractivity (Wildman–Crippen MR) is 201 cm³/mol. The average Bonchev–Trinajstić information content (AvgIpc) is 3.37. The Morgan fingerprint density at radius 2 is 1.74 bits per heavy atom. The number of Topliss-reactive ketones (excluding diaryl/α,β-unsaturated/α-hetero) is 1. The quantitative estimate of drug-likeness (QED) is 0.221. The summed E-state index contributed by atoms with van der Waals surface area (Å²) in [5.74, 6) is -1.74. The fourth-order valence-corrected chi connectivity index (χ4v) is 8.69. The fourth-order valence-electron chi connectivity index (χ4n) is 8.57. The van der Waals surface area contributed by atoms with Crippen LogP contribution in [0.4, 0.5) is 4.79 Å². The molecule has 12 nitrogen and oxygen atoms in total. The van der Waals surface area contributed by atoms with Gasteiger partial charge in [0.2, 0.25) is 0 Å². The Labute approximate surface area is 320 Å². The van der Waals surface area contributed by atoms with Gasteiger partial charge in [0.15, 0.2) is 11.9 Å². The molecule has 0 unspecified atom stereocenters. The maximum Gasteiger partial charge on any atom is 0.410 e. The molecular weight excluding hydrogens is 704 g/mol. The molecule has 53 heavy (non-hydrogen) atoms. The molecule has 1 aromatic rings. The number of aliphatic hydroxyl groups excluding tert-OH is 1. The molecule has 12 atom stereocenters. The molecule has 1 amide bonds. The summed E-state index contributed by atoms with van der Waals surface area (Å²) in [6, 6.07) is 6.07. The summed E-state index contributed by atoms with van der Waals surface area (Å²) in [5, 5.41) is 12.0. The topological polar surface area (TPSA) is 133 Å². The van der Waals surface area contributed by atoms with Gasteiger partial charge in [-0.25, -0.2) is 9.59 Å². The molecule has 0 aromatic heterocycles. The van der Waals surface area contributed by atoms with Crippen molar-refractivity contribution in [3.05, 3.63) is 40.9 Å². The molecular formula is C40H61ClN2O10. The Morgan fingerprint density at radius 3 is 2.34 bits per heavy atom. The van der Waals surface area contributed by atoms with E-state index in [1.807, 2.05) is 60.5 Å². The molecule has 0 saturated carbocycles. The number of likely N-dealkylation sites (N-methyl/N-ethyl adjacent to an activating group) is 1. The van der Waals surface area contributed by atoms with Crippen LogP contribution in [0.15, 0.2) is 35.9 Å². The van der Waals surface area contributed by atoms with Crippen molar-refractivity contribution in [1.29, 1.82) is 0 Å². The number of aliphatic hydroxyl groups is 1. The fraction of sp³-hybridized carbons (Fsp3) is 0.725. The molecule has 4 rings (SSSR count). The molecule has 1 N–H and O–H groups in total. The lowest BCUT2D eigenvalue weighted by Gasteiger charge is -2.47. The van der Waals surface area contributed by atoms with Crippen LogP contribution in [0.2, 0.25) is 5.02 Å². The van der Waals surface area contributed by atoms with Crippen LogP contribution < -0.4 is 4.74 Å². The number of amides is 1. The summed E-state index contributed by atoms with van der Waals surface area (Å²) in [6.07, 6.45) is -0.862. The number of carbonyl (C=O) groups excluding carboxylic acids is 3. The highest BCUT2D eigenvalue weighted by Gasteiger charge is 2.60. The summed E-state index contributed by atoms with van der Waals surface area (Å²) < 4.78 is 37.3. The van der Waals surface area contributed by atoms with Crippen LogP contribution >= 0.6 is 11.6 Å². The number of esters is 1. The monoisotopic (exact) mass is 764 g/mol. The van der Waals surface area contributed by atoms with Crippen molar-refractivity contribution in [2.45, 2.75) is 135 Å². The lowest BCUT2D eigenvalue weighted by Crippen LogP contribution is -2.59. The van der Waals surface area contributed by atoms with Gasteiger partial charge in [-0.2, -0.15) is 0 Å². The van der Waals surface area contributed by atoms with Crippen molar-refractivity contribution in [3.8, 4) is 5.75 Å². The summed E-state index contributed by atoms with van der Waals surface area (Å²) in [6.45, 7) is 15.2. The van der Waals surface area contributed by atoms with Gasteiger partial charge in [0.05, 0.1) is 30.5 Å². The van der Waals surface area contributed by atoms with Crippen molar-refractivity contribution in [3.63, 3.8) is 0 Å². The normalized spacial score (nSPS) is 38.4. The van der Waals surface area contributed by atoms with Gasteiger partial charge >= 0.3 is 12.1 Å². The minimum atomic E-state index is -1.33. The first-order chi connectivity index (χ1) is 24.9. The van der Waals surface area contributed by atoms with Crippen LogP contribution in [0, 0.1) is 17.8 Å². The smallest absolute Gasteiger partial charge is 0.410 e. The second-order valence-electron chi connectivity index (χ2n) is 15.8. The number of fused-ring (bicyclic) bond motifs is 1. The highest BCUT2D eigenvalue weighted by atomic mass is 35.5. The zero-order valence-corrected chi connectivity index (χ0v) is 34.1. The Morgan fingerprint density at radius 1 is 1.08 bits per heavy atom. The van der Waals surface area contributed by atoms with Crippen LogP contribution in [0.5, 0.6) is 5.75 Å². The van der Waals surface area contributed by atoms with Gasteiger partial charge in [-0.1, -0.05) is 45.4 Å². The molecule has 3 heterocycles. The van der Waals surface area contributed by atoms with Gasteiger partial charge in [-0.15, -0.1) is 0 Å². The zero-order valence-electron chi connectivity index (χ0n) is 33.3. The number of carbonyl (C=O) groups is 3. The van der Waals surface area contributed by atoms with Crippen molar-refractivity contribution in [1.82, 2.24) is 9.80 Å². The lowest BCUT2D eigenvalue weighted by atomic mass is 9.74. The van der Waals surface area contributed by atoms with Gasteiger partial charge in [-0.3, -0.25) is 4.79 Å². The van der Waals surface area contributed by atoms with Gasteiger partial charge in [0.1, 0.15) is 23.7 Å². The van der Waals surface area contributed by atoms with E-state index in [9.17, 15) is 19.5 Å². The first kappa shape index (κ1) is 43.0. The van der Waals surface area contributed by atoms with E-state index in [0.717, 1.165) is 0 Å². The summed E-state index contributed by atoms with van der Waals surface area (Å²) >= 11 is 6.01. The number of benzene rings is 1. The highest BCUT2D eigenvalue weighted by Crippen LogP contribution is 2.43. The number of methoxy groups -OCH3 is 1. The van der Waals surface area contributed by atoms with E-state index < -0.39 is 71.7 Å². The van der Waals surface area contributed by atoms with Crippen LogP contribution in [0.3, 0.4) is 0 Å². The van der Waals surface area contributed by atoms with E-state index in [1.165, 1.54) is 0 Å². The van der Waals surface area contributed by atoms with Crippen molar-refractivity contribution in [2.24, 2.45) is 17.8 Å². The van der Waals surface area contributed by atoms with E-state index in [1.54, 1.807) is 56.2 Å². The number of ketones is 1. The first-order valence-corrected chi connectivity index (χ1v) is 19.3. The summed E-state index contributed by atoms with van der Waals surface area (Å²) in [7, 11) is 5.39. The average molecular weight is 765 g/mol. The van der Waals surface area contributed by atoms with Gasteiger partial charge in [0.25, 0.3) is 0 Å². The van der Waals surface area contributed by atoms with Crippen LogP contribution in [0.25, 0.3) is 0 Å². The molecule has 0 radical (unpaired) electrons. The molecule has 0 aliphatic carbocycles. The largest absolute Gasteiger partial charge is 0.494 e. The Bertz CT molecular complexity index is 1460. The number of hydrogen-bond acceptors (Lipinski definition) is 11. The minimum absolute atomic E-state index is 0.100. The highest BCUT2D eigenvalue weighted by molar-refractivity contribution is 6.30. The summed E-state index contributed by atoms with van der Waals surface area (Å²) in [4.78, 5) is 45.6. The molecule has 2 fully saturated rings. The Kier molecular flexibility index (Phi) is 14.4. The van der Waals surface area contributed by atoms with E-state index in [4.69, 9.17) is 40.0 Å². The molecule has 1 aromatic carbocycles. The predicted octanol–water partition coefficient (Wildman–Crippen LogP) is 6.05. The number of halogens is 1. The standard InChI is InChI=1S/C40H61ClN2O10/c1-12-31-40(8)34(43(38(47)53-40)18-13-19-49-29-16-14-28(41)15-17-29)27(6)32(44)25(4)22-39(7,48-11)35(23(2)20-24(3)36(46)51-31)52-37-33(45)30(42(9)10)21-26(5)50-37/h14-17,20,23,25-27,30-31,33-35,37,45H,12-13,18-19,21-22H2,1-11H3/b24-20+/t23-,25+,26+,27-,30-,31+,33+,34+,35+,37-,39+,40+/m0/s1. The molecule has 2 saturated heterocycles. The first-order valence-electron chi connectivity index (χ1n) is 18.9. The number of rotatable bonds is 10. The number of hydrogen-bond donors (Lipinski definition) is 1. The van der Waals surface area contributed by atoms with Crippen molar-refractivity contribution >= 4 is 29.4 Å². The van der Waals surface area contributed by atoms with Crippen LogP contribution in [0.1, 0.15) is 81.1 Å². The Balaban J connectivity index is 1.69. The van der Waals surface area contributed by atoms with Crippen molar-refractivity contribution < 1.29 is 47.9 Å². The van der Waals surface area contributed by atoms with Gasteiger partial charge in [-0.05, 0) is 91.7 Å². The third-order valence-corrected chi connectivity index (χ3v) is 11.7. The van der Waals surface area contributed by atoms with Gasteiger partial charge < -0.3 is 43.3 Å². The second-order valence-corrected chi connectivity index (χ2v) is 16.2. The third-order valence-electron chi connectivity index (χ3n) is 11.4. The zero-order chi connectivity index (χ0) is 39.4. The van der Waals surface area contributed by atoms with E-state index in [0.29, 0.717) is 42.2 Å². The van der Waals surface area contributed by atoms with Crippen molar-refractivity contribution in [2.75, 3.05) is 34.4 Å². The van der Waals surface area contributed by atoms with E-state index in [-0.39, 0.29) is 30.9 Å². The SMILES string of the molecule is CC[C@H]1OC(=O)/C(C)=C/[C@H](C)[C@@H](O[C@@H]2O[C@H](C)C[C@H](N(C)C)[C@H]2O)[C@](C)(OC)C[C@@H](C)C(=O)[C@H](C)[C@H]2N(CCCOc3ccc(Cl)cc3)C(=O)O[C@]12C. The number of nitrogens with zero attached hydrogens (tertiary/aromatic N) is 2.